The molecule has 0 atom stereocenters. The van der Waals surface area contributed by atoms with Gasteiger partial charge in [-0.05, 0) is 62.2 Å². The number of hydrogen-bond acceptors (Lipinski definition) is 2. The summed E-state index contributed by atoms with van der Waals surface area (Å²) < 4.78 is 4.31. The van der Waals surface area contributed by atoms with Gasteiger partial charge in [0.05, 0.1) is 16.7 Å². The summed E-state index contributed by atoms with van der Waals surface area (Å²) in [6.45, 7) is 6.46. The second kappa shape index (κ2) is 6.74. The highest BCUT2D eigenvalue weighted by Crippen LogP contribution is 2.29. The standard InChI is InChI=1S/C25H22N4/c1-17-13-18(2)24(19(3)14-17)28-12-11-26-25(28)20-9-10-22-23(15-20)29(16-27-22)21-7-5-4-6-8-21/h4-16H,1-3H3. The molecule has 0 unspecified atom stereocenters. The molecule has 2 aromatic heterocycles. The van der Waals surface area contributed by atoms with Gasteiger partial charge in [0.15, 0.2) is 0 Å². The van der Waals surface area contributed by atoms with Crippen LogP contribution in [-0.2, 0) is 0 Å². The first-order chi connectivity index (χ1) is 14.1. The Labute approximate surface area is 170 Å². The fourth-order valence-electron chi connectivity index (χ4n) is 4.19. The molecule has 0 N–H and O–H groups in total. The predicted molar refractivity (Wildman–Crippen MR) is 118 cm³/mol. The Balaban J connectivity index is 1.68. The first-order valence-corrected chi connectivity index (χ1v) is 9.76. The lowest BCUT2D eigenvalue weighted by Gasteiger charge is -2.15. The topological polar surface area (TPSA) is 35.6 Å². The monoisotopic (exact) mass is 378 g/mol. The highest BCUT2D eigenvalue weighted by Gasteiger charge is 2.14. The van der Waals surface area contributed by atoms with Crippen LogP contribution in [0.15, 0.2) is 79.4 Å². The Bertz CT molecular complexity index is 1300. The summed E-state index contributed by atoms with van der Waals surface area (Å²) in [7, 11) is 0. The van der Waals surface area contributed by atoms with Crippen molar-refractivity contribution in [3.8, 4) is 22.8 Å². The molecule has 3 aromatic carbocycles. The van der Waals surface area contributed by atoms with Crippen molar-refractivity contribution in [1.82, 2.24) is 19.1 Å². The normalized spacial score (nSPS) is 11.3. The quantitative estimate of drug-likeness (QED) is 0.397. The number of benzene rings is 3. The highest BCUT2D eigenvalue weighted by molar-refractivity contribution is 5.82. The molecule has 29 heavy (non-hydrogen) atoms. The van der Waals surface area contributed by atoms with Crippen molar-refractivity contribution in [1.29, 1.82) is 0 Å². The molecule has 4 heteroatoms. The van der Waals surface area contributed by atoms with Crippen LogP contribution in [0.1, 0.15) is 16.7 Å². The van der Waals surface area contributed by atoms with E-state index in [0.29, 0.717) is 0 Å². The molecule has 0 aliphatic rings. The number of para-hydroxylation sites is 1. The van der Waals surface area contributed by atoms with Crippen molar-refractivity contribution in [2.75, 3.05) is 0 Å². The van der Waals surface area contributed by atoms with E-state index < -0.39 is 0 Å². The summed E-state index contributed by atoms with van der Waals surface area (Å²) >= 11 is 0. The lowest BCUT2D eigenvalue weighted by molar-refractivity contribution is 1.03. The van der Waals surface area contributed by atoms with Gasteiger partial charge in [0, 0.05) is 23.6 Å². The number of nitrogens with zero attached hydrogens (tertiary/aromatic N) is 4. The van der Waals surface area contributed by atoms with Crippen LogP contribution in [0.3, 0.4) is 0 Å². The van der Waals surface area contributed by atoms with Gasteiger partial charge in [-0.2, -0.15) is 0 Å². The molecule has 2 heterocycles. The van der Waals surface area contributed by atoms with Gasteiger partial charge >= 0.3 is 0 Å². The maximum Gasteiger partial charge on any atom is 0.144 e. The van der Waals surface area contributed by atoms with Gasteiger partial charge in [0.1, 0.15) is 12.2 Å². The van der Waals surface area contributed by atoms with Gasteiger partial charge in [0.2, 0.25) is 0 Å². The van der Waals surface area contributed by atoms with E-state index in [2.05, 4.69) is 77.4 Å². The summed E-state index contributed by atoms with van der Waals surface area (Å²) in [5, 5.41) is 0. The third-order valence-corrected chi connectivity index (χ3v) is 5.36. The molecule has 0 saturated carbocycles. The molecule has 0 amide bonds. The first kappa shape index (κ1) is 17.4. The lowest BCUT2D eigenvalue weighted by atomic mass is 10.0. The fraction of sp³-hybridized carbons (Fsp3) is 0.120. The van der Waals surface area contributed by atoms with Crippen molar-refractivity contribution in [3.05, 3.63) is 96.1 Å². The lowest BCUT2D eigenvalue weighted by Crippen LogP contribution is -2.02. The molecule has 5 aromatic rings. The Kier molecular flexibility index (Phi) is 4.06. The summed E-state index contributed by atoms with van der Waals surface area (Å²) in [6.07, 6.45) is 5.79. The van der Waals surface area contributed by atoms with Gasteiger partial charge in [-0.1, -0.05) is 35.9 Å². The summed E-state index contributed by atoms with van der Waals surface area (Å²) in [4.78, 5) is 9.27. The Morgan fingerprint density at radius 3 is 2.28 bits per heavy atom. The first-order valence-electron chi connectivity index (χ1n) is 9.76. The largest absolute Gasteiger partial charge is 0.299 e. The SMILES string of the molecule is Cc1cc(C)c(-n2ccnc2-c2ccc3ncn(-c4ccccc4)c3c2)c(C)c1. The van der Waals surface area contributed by atoms with Gasteiger partial charge in [-0.25, -0.2) is 9.97 Å². The zero-order chi connectivity index (χ0) is 20.0. The van der Waals surface area contributed by atoms with Crippen molar-refractivity contribution in [2.24, 2.45) is 0 Å². The maximum absolute atomic E-state index is 4.69. The van der Waals surface area contributed by atoms with Gasteiger partial charge in [0.25, 0.3) is 0 Å². The van der Waals surface area contributed by atoms with E-state index in [9.17, 15) is 0 Å². The maximum atomic E-state index is 4.69. The minimum Gasteiger partial charge on any atom is -0.299 e. The molecule has 0 aliphatic carbocycles. The molecule has 0 fully saturated rings. The Hall–Kier alpha value is -3.66. The zero-order valence-corrected chi connectivity index (χ0v) is 16.8. The van der Waals surface area contributed by atoms with Crippen LogP contribution in [0.5, 0.6) is 0 Å². The molecule has 5 rings (SSSR count). The van der Waals surface area contributed by atoms with Gasteiger partial charge in [-0.3, -0.25) is 9.13 Å². The van der Waals surface area contributed by atoms with E-state index in [1.54, 1.807) is 0 Å². The number of fused-ring (bicyclic) bond motifs is 1. The van der Waals surface area contributed by atoms with E-state index in [0.717, 1.165) is 28.1 Å². The number of imidazole rings is 2. The number of aromatic nitrogens is 4. The molecule has 0 saturated heterocycles. The summed E-state index contributed by atoms with van der Waals surface area (Å²) in [6, 6.07) is 21.1. The third-order valence-electron chi connectivity index (χ3n) is 5.36. The minimum absolute atomic E-state index is 0.933. The molecular weight excluding hydrogens is 356 g/mol. The molecule has 142 valence electrons. The number of hydrogen-bond donors (Lipinski definition) is 0. The second-order valence-electron chi connectivity index (χ2n) is 7.52. The number of aryl methyl sites for hydroxylation is 3. The van der Waals surface area contributed by atoms with E-state index in [1.807, 2.05) is 36.9 Å². The third kappa shape index (κ3) is 2.93. The van der Waals surface area contributed by atoms with Crippen LogP contribution in [-0.4, -0.2) is 19.1 Å². The molecule has 4 nitrogen and oxygen atoms in total. The van der Waals surface area contributed by atoms with Crippen LogP contribution in [0.4, 0.5) is 0 Å². The van der Waals surface area contributed by atoms with Gasteiger partial charge < -0.3 is 0 Å². The molecule has 0 bridgehead atoms. The molecule has 0 spiro atoms. The predicted octanol–water partition coefficient (Wildman–Crippen LogP) is 5.80. The Morgan fingerprint density at radius 1 is 0.759 bits per heavy atom. The van der Waals surface area contributed by atoms with Crippen molar-refractivity contribution in [3.63, 3.8) is 0 Å². The van der Waals surface area contributed by atoms with E-state index in [-0.39, 0.29) is 0 Å². The van der Waals surface area contributed by atoms with E-state index in [4.69, 9.17) is 4.98 Å². The highest BCUT2D eigenvalue weighted by atomic mass is 15.1. The van der Waals surface area contributed by atoms with Crippen LogP contribution >= 0.6 is 0 Å². The Morgan fingerprint density at radius 2 is 1.52 bits per heavy atom. The molecule has 0 aliphatic heterocycles. The van der Waals surface area contributed by atoms with Crippen molar-refractivity contribution < 1.29 is 0 Å². The second-order valence-corrected chi connectivity index (χ2v) is 7.52. The summed E-state index contributed by atoms with van der Waals surface area (Å²) in [5.74, 6) is 0.933. The summed E-state index contributed by atoms with van der Waals surface area (Å²) in [5.41, 5.74) is 9.17. The van der Waals surface area contributed by atoms with Crippen molar-refractivity contribution >= 4 is 11.0 Å². The van der Waals surface area contributed by atoms with Gasteiger partial charge in [-0.15, -0.1) is 0 Å². The fourth-order valence-corrected chi connectivity index (χ4v) is 4.19. The van der Waals surface area contributed by atoms with E-state index >= 15 is 0 Å². The zero-order valence-electron chi connectivity index (χ0n) is 16.8. The van der Waals surface area contributed by atoms with Crippen LogP contribution < -0.4 is 0 Å². The average Bonchev–Trinajstić information content (AvgIpc) is 3.34. The smallest absolute Gasteiger partial charge is 0.144 e. The molecule has 0 radical (unpaired) electrons. The molecular formula is C25H22N4. The van der Waals surface area contributed by atoms with Crippen LogP contribution in [0.25, 0.3) is 33.8 Å². The minimum atomic E-state index is 0.933. The van der Waals surface area contributed by atoms with Crippen molar-refractivity contribution in [2.45, 2.75) is 20.8 Å². The number of rotatable bonds is 3. The van der Waals surface area contributed by atoms with Crippen LogP contribution in [0.2, 0.25) is 0 Å². The van der Waals surface area contributed by atoms with E-state index in [1.165, 1.54) is 22.4 Å². The average molecular weight is 378 g/mol. The van der Waals surface area contributed by atoms with Crippen LogP contribution in [0, 0.1) is 20.8 Å².